The molecule has 1 aliphatic rings. The quantitative estimate of drug-likeness (QED) is 0.438. The van der Waals surface area contributed by atoms with Crippen LogP contribution in [0.25, 0.3) is 11.8 Å². The number of hydrogen-bond donors (Lipinski definition) is 1. The average Bonchev–Trinajstić information content (AvgIpc) is 3.38. The van der Waals surface area contributed by atoms with Gasteiger partial charge in [0.15, 0.2) is 0 Å². The third-order valence-electron chi connectivity index (χ3n) is 5.60. The molecular weight excluding hydrogens is 394 g/mol. The largest absolute Gasteiger partial charge is 0.465 e. The highest BCUT2D eigenvalue weighted by molar-refractivity contribution is 6.01. The molecule has 0 bridgehead atoms. The van der Waals surface area contributed by atoms with E-state index in [0.717, 1.165) is 41.0 Å². The lowest BCUT2D eigenvalue weighted by molar-refractivity contribution is -0.117. The lowest BCUT2D eigenvalue weighted by Crippen LogP contribution is -2.32. The molecule has 0 radical (unpaired) electrons. The normalized spacial score (nSPS) is 16.1. The van der Waals surface area contributed by atoms with Crippen LogP contribution in [0.5, 0.6) is 0 Å². The SMILES string of the molecule is COC(=O)c1cccc(-n2c(C)cc(/C=C(\C#N)C(=O)NCC3CCCO3)c2C)c1C. The fourth-order valence-electron chi connectivity index (χ4n) is 3.91. The number of carbonyl (C=O) groups is 2. The molecule has 1 unspecified atom stereocenters. The zero-order valence-electron chi connectivity index (χ0n) is 18.3. The summed E-state index contributed by atoms with van der Waals surface area (Å²) in [7, 11) is 1.36. The van der Waals surface area contributed by atoms with Crippen LogP contribution in [0.1, 0.15) is 45.7 Å². The molecule has 1 aromatic heterocycles. The Morgan fingerprint density at radius 3 is 2.77 bits per heavy atom. The van der Waals surface area contributed by atoms with E-state index in [1.165, 1.54) is 7.11 Å². The Balaban J connectivity index is 1.91. The number of aryl methyl sites for hydroxylation is 1. The number of carbonyl (C=O) groups excluding carboxylic acids is 2. The summed E-state index contributed by atoms with van der Waals surface area (Å²) in [6, 6.07) is 9.38. The molecule has 7 heteroatoms. The Hall–Kier alpha value is -3.37. The van der Waals surface area contributed by atoms with Gasteiger partial charge in [0.05, 0.1) is 18.8 Å². The topological polar surface area (TPSA) is 93.4 Å². The number of amides is 1. The van der Waals surface area contributed by atoms with Crippen molar-refractivity contribution < 1.29 is 19.1 Å². The Morgan fingerprint density at radius 1 is 1.35 bits per heavy atom. The van der Waals surface area contributed by atoms with Crippen LogP contribution in [0.15, 0.2) is 29.8 Å². The summed E-state index contributed by atoms with van der Waals surface area (Å²) in [5, 5.41) is 12.3. The van der Waals surface area contributed by atoms with E-state index in [-0.39, 0.29) is 11.7 Å². The van der Waals surface area contributed by atoms with Crippen molar-refractivity contribution in [3.05, 3.63) is 57.9 Å². The number of hydrogen-bond acceptors (Lipinski definition) is 5. The predicted octanol–water partition coefficient (Wildman–Crippen LogP) is 3.39. The fraction of sp³-hybridized carbons (Fsp3) is 0.375. The van der Waals surface area contributed by atoms with Crippen LogP contribution < -0.4 is 5.32 Å². The molecule has 1 atom stereocenters. The van der Waals surface area contributed by atoms with E-state index in [4.69, 9.17) is 9.47 Å². The molecule has 1 aromatic carbocycles. The van der Waals surface area contributed by atoms with Crippen molar-refractivity contribution in [2.75, 3.05) is 20.3 Å². The number of nitrogens with one attached hydrogen (secondary N) is 1. The van der Waals surface area contributed by atoms with Crippen molar-refractivity contribution in [3.8, 4) is 11.8 Å². The summed E-state index contributed by atoms with van der Waals surface area (Å²) >= 11 is 0. The van der Waals surface area contributed by atoms with E-state index in [2.05, 4.69) is 5.32 Å². The van der Waals surface area contributed by atoms with Gasteiger partial charge < -0.3 is 19.4 Å². The third kappa shape index (κ3) is 4.70. The maximum Gasteiger partial charge on any atom is 0.338 e. The molecule has 0 aliphatic carbocycles. The molecule has 2 aromatic rings. The molecule has 0 spiro atoms. The minimum absolute atomic E-state index is 0.0130. The molecular formula is C24H27N3O4. The smallest absolute Gasteiger partial charge is 0.338 e. The van der Waals surface area contributed by atoms with Gasteiger partial charge in [-0.05, 0) is 69.0 Å². The van der Waals surface area contributed by atoms with Gasteiger partial charge in [-0.1, -0.05) is 6.07 Å². The number of nitriles is 1. The van der Waals surface area contributed by atoms with Crippen LogP contribution in [0.3, 0.4) is 0 Å². The van der Waals surface area contributed by atoms with Crippen molar-refractivity contribution in [1.29, 1.82) is 5.26 Å². The van der Waals surface area contributed by atoms with Gasteiger partial charge in [-0.2, -0.15) is 5.26 Å². The van der Waals surface area contributed by atoms with Crippen LogP contribution in [0.4, 0.5) is 0 Å². The monoisotopic (exact) mass is 421 g/mol. The summed E-state index contributed by atoms with van der Waals surface area (Å²) < 4.78 is 12.4. The zero-order chi connectivity index (χ0) is 22.5. The van der Waals surface area contributed by atoms with Crippen LogP contribution >= 0.6 is 0 Å². The molecule has 1 aliphatic heterocycles. The minimum Gasteiger partial charge on any atom is -0.465 e. The molecule has 0 saturated carbocycles. The zero-order valence-corrected chi connectivity index (χ0v) is 18.3. The number of esters is 1. The van der Waals surface area contributed by atoms with Gasteiger partial charge in [0.1, 0.15) is 11.6 Å². The Bertz CT molecular complexity index is 1070. The van der Waals surface area contributed by atoms with E-state index in [0.29, 0.717) is 18.7 Å². The van der Waals surface area contributed by atoms with Crippen molar-refractivity contribution in [2.24, 2.45) is 0 Å². The van der Waals surface area contributed by atoms with Crippen molar-refractivity contribution in [2.45, 2.75) is 39.7 Å². The van der Waals surface area contributed by atoms with Crippen molar-refractivity contribution in [1.82, 2.24) is 9.88 Å². The standard InChI is InChI=1S/C24H27N3O4/c1-15-11-18(12-19(13-25)23(28)26-14-20-7-6-10-31-20)17(3)27(15)22-9-5-8-21(16(22)2)24(29)30-4/h5,8-9,11-12,20H,6-7,10,14H2,1-4H3,(H,26,28)/b19-12+. The van der Waals surface area contributed by atoms with Gasteiger partial charge in [0.2, 0.25) is 0 Å². The lowest BCUT2D eigenvalue weighted by atomic mass is 10.1. The summed E-state index contributed by atoms with van der Waals surface area (Å²) in [5.74, 6) is -0.803. The third-order valence-corrected chi connectivity index (χ3v) is 5.60. The first-order chi connectivity index (χ1) is 14.9. The molecule has 7 nitrogen and oxygen atoms in total. The fourth-order valence-corrected chi connectivity index (χ4v) is 3.91. The number of ether oxygens (including phenoxy) is 2. The summed E-state index contributed by atoms with van der Waals surface area (Å²) in [6.45, 7) is 6.84. The maximum absolute atomic E-state index is 12.5. The molecule has 1 N–H and O–H groups in total. The molecule has 2 heterocycles. The average molecular weight is 421 g/mol. The second-order valence-electron chi connectivity index (χ2n) is 7.62. The van der Waals surface area contributed by atoms with Crippen molar-refractivity contribution in [3.63, 3.8) is 0 Å². The van der Waals surface area contributed by atoms with Gasteiger partial charge in [-0.25, -0.2) is 4.79 Å². The Labute approximate surface area is 182 Å². The second kappa shape index (κ2) is 9.63. The number of rotatable bonds is 6. The van der Waals surface area contributed by atoms with Crippen LogP contribution in [0, 0.1) is 32.1 Å². The molecule has 162 valence electrons. The van der Waals surface area contributed by atoms with Crippen LogP contribution in [-0.2, 0) is 14.3 Å². The number of aromatic nitrogens is 1. The first kappa shape index (κ1) is 22.3. The highest BCUT2D eigenvalue weighted by Gasteiger charge is 2.19. The van der Waals surface area contributed by atoms with E-state index in [9.17, 15) is 14.9 Å². The molecule has 1 saturated heterocycles. The first-order valence-electron chi connectivity index (χ1n) is 10.3. The van der Waals surface area contributed by atoms with Gasteiger partial charge in [-0.3, -0.25) is 4.79 Å². The first-order valence-corrected chi connectivity index (χ1v) is 10.3. The highest BCUT2D eigenvalue weighted by atomic mass is 16.5. The minimum atomic E-state index is -0.410. The summed E-state index contributed by atoms with van der Waals surface area (Å²) in [4.78, 5) is 24.6. The second-order valence-corrected chi connectivity index (χ2v) is 7.62. The van der Waals surface area contributed by atoms with E-state index < -0.39 is 11.9 Å². The van der Waals surface area contributed by atoms with Crippen LogP contribution in [0.2, 0.25) is 0 Å². The van der Waals surface area contributed by atoms with Crippen LogP contribution in [-0.4, -0.2) is 42.8 Å². The maximum atomic E-state index is 12.5. The summed E-state index contributed by atoms with van der Waals surface area (Å²) in [5.41, 5.74) is 4.73. The lowest BCUT2D eigenvalue weighted by Gasteiger charge is -2.15. The number of benzene rings is 1. The molecule has 31 heavy (non-hydrogen) atoms. The van der Waals surface area contributed by atoms with E-state index in [1.54, 1.807) is 12.1 Å². The van der Waals surface area contributed by atoms with Gasteiger partial charge in [0.25, 0.3) is 5.91 Å². The van der Waals surface area contributed by atoms with E-state index in [1.807, 2.05) is 49.6 Å². The number of nitrogens with zero attached hydrogens (tertiary/aromatic N) is 2. The van der Waals surface area contributed by atoms with Gasteiger partial charge in [-0.15, -0.1) is 0 Å². The predicted molar refractivity (Wildman–Crippen MR) is 117 cm³/mol. The summed E-state index contributed by atoms with van der Waals surface area (Å²) in [6.07, 6.45) is 3.52. The van der Waals surface area contributed by atoms with Crippen molar-refractivity contribution >= 4 is 18.0 Å². The Kier molecular flexibility index (Phi) is 6.93. The number of methoxy groups -OCH3 is 1. The van der Waals surface area contributed by atoms with Gasteiger partial charge >= 0.3 is 5.97 Å². The van der Waals surface area contributed by atoms with E-state index >= 15 is 0 Å². The highest BCUT2D eigenvalue weighted by Crippen LogP contribution is 2.26. The Morgan fingerprint density at radius 2 is 2.13 bits per heavy atom. The van der Waals surface area contributed by atoms with Gasteiger partial charge in [0, 0.05) is 30.2 Å². The molecule has 3 rings (SSSR count). The molecule has 1 amide bonds. The molecule has 1 fully saturated rings.